The molecule has 0 aliphatic rings. The lowest BCUT2D eigenvalue weighted by atomic mass is 10.1. The smallest absolute Gasteiger partial charge is 0.255 e. The number of nitrogens with two attached hydrogens (primary N) is 1. The molecule has 5 nitrogen and oxygen atoms in total. The van der Waals surface area contributed by atoms with Crippen LogP contribution in [0.25, 0.3) is 0 Å². The standard InChI is InChI=1S/C16H22N4O/c1-11-15(12(2)20(3)19-11)16(21)18-14(10-17)9-13-7-5-4-6-8-13/h4-8,14H,9-10,17H2,1-3H3,(H,18,21). The molecule has 5 heteroatoms. The van der Waals surface area contributed by atoms with Gasteiger partial charge in [0.1, 0.15) is 0 Å². The van der Waals surface area contributed by atoms with Gasteiger partial charge in [-0.15, -0.1) is 0 Å². The Bertz CT molecular complexity index is 619. The van der Waals surface area contributed by atoms with Crippen molar-refractivity contribution in [1.29, 1.82) is 0 Å². The first-order chi connectivity index (χ1) is 10.0. The van der Waals surface area contributed by atoms with Gasteiger partial charge in [0.25, 0.3) is 5.91 Å². The maximum Gasteiger partial charge on any atom is 0.255 e. The molecule has 2 aromatic rings. The molecule has 1 aromatic heterocycles. The van der Waals surface area contributed by atoms with Crippen LogP contribution in [0.2, 0.25) is 0 Å². The van der Waals surface area contributed by atoms with Gasteiger partial charge in [0.15, 0.2) is 0 Å². The van der Waals surface area contributed by atoms with Gasteiger partial charge in [0.05, 0.1) is 11.3 Å². The van der Waals surface area contributed by atoms with E-state index in [9.17, 15) is 4.79 Å². The lowest BCUT2D eigenvalue weighted by Crippen LogP contribution is -2.42. The fourth-order valence-corrected chi connectivity index (χ4v) is 2.45. The summed E-state index contributed by atoms with van der Waals surface area (Å²) in [6.07, 6.45) is 0.724. The van der Waals surface area contributed by atoms with Gasteiger partial charge in [-0.25, -0.2) is 0 Å². The van der Waals surface area contributed by atoms with Crippen LogP contribution in [0.1, 0.15) is 27.3 Å². The van der Waals surface area contributed by atoms with Crippen molar-refractivity contribution in [2.45, 2.75) is 26.3 Å². The van der Waals surface area contributed by atoms with Gasteiger partial charge in [0, 0.05) is 25.3 Å². The molecule has 1 heterocycles. The van der Waals surface area contributed by atoms with Crippen molar-refractivity contribution in [2.75, 3.05) is 6.54 Å². The van der Waals surface area contributed by atoms with Crippen molar-refractivity contribution in [3.63, 3.8) is 0 Å². The number of rotatable bonds is 5. The number of carbonyl (C=O) groups is 1. The summed E-state index contributed by atoms with van der Waals surface area (Å²) in [6.45, 7) is 4.14. The Kier molecular flexibility index (Phi) is 4.75. The first kappa shape index (κ1) is 15.3. The molecule has 2 rings (SSSR count). The van der Waals surface area contributed by atoms with Gasteiger partial charge in [-0.05, 0) is 25.8 Å². The van der Waals surface area contributed by atoms with Gasteiger partial charge in [-0.2, -0.15) is 5.10 Å². The Morgan fingerprint density at radius 1 is 1.33 bits per heavy atom. The van der Waals surface area contributed by atoms with Crippen molar-refractivity contribution < 1.29 is 4.79 Å². The number of hydrogen-bond acceptors (Lipinski definition) is 3. The van der Waals surface area contributed by atoms with E-state index in [0.29, 0.717) is 12.1 Å². The van der Waals surface area contributed by atoms with E-state index in [1.54, 1.807) is 4.68 Å². The first-order valence-electron chi connectivity index (χ1n) is 7.08. The third-order valence-corrected chi connectivity index (χ3v) is 3.68. The Morgan fingerprint density at radius 3 is 2.52 bits per heavy atom. The van der Waals surface area contributed by atoms with Crippen LogP contribution in [0.5, 0.6) is 0 Å². The molecule has 1 atom stereocenters. The predicted molar refractivity (Wildman–Crippen MR) is 83.1 cm³/mol. The second kappa shape index (κ2) is 6.54. The van der Waals surface area contributed by atoms with Gasteiger partial charge in [-0.3, -0.25) is 9.48 Å². The zero-order valence-corrected chi connectivity index (χ0v) is 12.8. The molecule has 0 bridgehead atoms. The monoisotopic (exact) mass is 286 g/mol. The zero-order valence-electron chi connectivity index (χ0n) is 12.8. The van der Waals surface area contributed by atoms with Crippen molar-refractivity contribution in [2.24, 2.45) is 12.8 Å². The topological polar surface area (TPSA) is 72.9 Å². The van der Waals surface area contributed by atoms with Crippen LogP contribution in [0.4, 0.5) is 0 Å². The molecule has 0 fully saturated rings. The predicted octanol–water partition coefficient (Wildman–Crippen LogP) is 1.34. The molecule has 0 aliphatic heterocycles. The van der Waals surface area contributed by atoms with Crippen molar-refractivity contribution in [3.8, 4) is 0 Å². The maximum atomic E-state index is 12.4. The molecular formula is C16H22N4O. The molecule has 21 heavy (non-hydrogen) atoms. The average molecular weight is 286 g/mol. The van der Waals surface area contributed by atoms with Crippen molar-refractivity contribution in [3.05, 3.63) is 52.8 Å². The second-order valence-corrected chi connectivity index (χ2v) is 5.27. The molecule has 0 saturated carbocycles. The number of benzene rings is 1. The highest BCUT2D eigenvalue weighted by Crippen LogP contribution is 2.12. The van der Waals surface area contributed by atoms with Gasteiger partial charge < -0.3 is 11.1 Å². The van der Waals surface area contributed by atoms with E-state index < -0.39 is 0 Å². The summed E-state index contributed by atoms with van der Waals surface area (Å²) in [7, 11) is 1.84. The van der Waals surface area contributed by atoms with E-state index in [4.69, 9.17) is 5.73 Å². The first-order valence-corrected chi connectivity index (χ1v) is 7.08. The molecule has 1 unspecified atom stereocenters. The van der Waals surface area contributed by atoms with E-state index in [-0.39, 0.29) is 11.9 Å². The Morgan fingerprint density at radius 2 is 2.00 bits per heavy atom. The molecule has 0 saturated heterocycles. The Balaban J connectivity index is 2.09. The molecule has 0 radical (unpaired) electrons. The van der Waals surface area contributed by atoms with E-state index >= 15 is 0 Å². The van der Waals surface area contributed by atoms with Crippen LogP contribution in [-0.2, 0) is 13.5 Å². The largest absolute Gasteiger partial charge is 0.348 e. The second-order valence-electron chi connectivity index (χ2n) is 5.27. The van der Waals surface area contributed by atoms with Crippen molar-refractivity contribution in [1.82, 2.24) is 15.1 Å². The SMILES string of the molecule is Cc1nn(C)c(C)c1C(=O)NC(CN)Cc1ccccc1. The summed E-state index contributed by atoms with van der Waals surface area (Å²) >= 11 is 0. The highest BCUT2D eigenvalue weighted by atomic mass is 16.1. The van der Waals surface area contributed by atoms with E-state index in [0.717, 1.165) is 23.4 Å². The lowest BCUT2D eigenvalue weighted by molar-refractivity contribution is 0.0936. The van der Waals surface area contributed by atoms with Crippen LogP contribution >= 0.6 is 0 Å². The summed E-state index contributed by atoms with van der Waals surface area (Å²) in [4.78, 5) is 12.4. The minimum Gasteiger partial charge on any atom is -0.348 e. The number of carbonyl (C=O) groups excluding carboxylic acids is 1. The fraction of sp³-hybridized carbons (Fsp3) is 0.375. The van der Waals surface area contributed by atoms with Crippen molar-refractivity contribution >= 4 is 5.91 Å². The minimum atomic E-state index is -0.107. The molecule has 1 aromatic carbocycles. The van der Waals surface area contributed by atoms with Crippen LogP contribution < -0.4 is 11.1 Å². The molecule has 1 amide bonds. The molecule has 112 valence electrons. The summed E-state index contributed by atoms with van der Waals surface area (Å²) in [5.41, 5.74) is 9.20. The number of amides is 1. The number of hydrogen-bond donors (Lipinski definition) is 2. The molecular weight excluding hydrogens is 264 g/mol. The van der Waals surface area contributed by atoms with Gasteiger partial charge in [0.2, 0.25) is 0 Å². The Labute approximate surface area is 125 Å². The normalized spacial score (nSPS) is 12.2. The summed E-state index contributed by atoms with van der Waals surface area (Å²) < 4.78 is 1.72. The molecule has 3 N–H and O–H groups in total. The maximum absolute atomic E-state index is 12.4. The summed E-state index contributed by atoms with van der Waals surface area (Å²) in [6, 6.07) is 9.94. The lowest BCUT2D eigenvalue weighted by Gasteiger charge is -2.17. The average Bonchev–Trinajstić information content (AvgIpc) is 2.72. The van der Waals surface area contributed by atoms with Crippen LogP contribution in [-0.4, -0.2) is 28.3 Å². The van der Waals surface area contributed by atoms with Crippen LogP contribution in [0.3, 0.4) is 0 Å². The molecule has 0 aliphatic carbocycles. The Hall–Kier alpha value is -2.14. The van der Waals surface area contributed by atoms with E-state index in [1.165, 1.54) is 0 Å². The van der Waals surface area contributed by atoms with Crippen LogP contribution in [0.15, 0.2) is 30.3 Å². The third kappa shape index (κ3) is 3.49. The molecule has 0 spiro atoms. The van der Waals surface area contributed by atoms with E-state index in [1.807, 2.05) is 51.2 Å². The minimum absolute atomic E-state index is 0.0843. The number of nitrogens with one attached hydrogen (secondary N) is 1. The summed E-state index contributed by atoms with van der Waals surface area (Å²) in [5.74, 6) is -0.107. The van der Waals surface area contributed by atoms with E-state index in [2.05, 4.69) is 10.4 Å². The number of aromatic nitrogens is 2. The fourth-order valence-electron chi connectivity index (χ4n) is 2.45. The summed E-state index contributed by atoms with van der Waals surface area (Å²) in [5, 5.41) is 7.28. The highest BCUT2D eigenvalue weighted by molar-refractivity contribution is 5.96. The number of aryl methyl sites for hydroxylation is 2. The van der Waals surface area contributed by atoms with Crippen LogP contribution in [0, 0.1) is 13.8 Å². The number of nitrogens with zero attached hydrogens (tertiary/aromatic N) is 2. The van der Waals surface area contributed by atoms with Gasteiger partial charge >= 0.3 is 0 Å². The van der Waals surface area contributed by atoms with Gasteiger partial charge in [-0.1, -0.05) is 30.3 Å². The highest BCUT2D eigenvalue weighted by Gasteiger charge is 2.20. The quantitative estimate of drug-likeness (QED) is 0.871. The third-order valence-electron chi connectivity index (χ3n) is 3.68. The zero-order chi connectivity index (χ0) is 15.4.